The molecule has 3 heterocycles. The molecule has 4 unspecified atom stereocenters. The van der Waals surface area contributed by atoms with Crippen molar-refractivity contribution in [1.29, 1.82) is 5.53 Å². The molecular formula is C15H21N7O2. The van der Waals surface area contributed by atoms with E-state index in [4.69, 9.17) is 16.0 Å². The van der Waals surface area contributed by atoms with E-state index in [1.54, 1.807) is 13.3 Å². The number of aliphatic hydroxyl groups excluding tert-OH is 1. The number of aliphatic hydroxyl groups is 1. The van der Waals surface area contributed by atoms with Gasteiger partial charge in [0, 0.05) is 30.9 Å². The number of hydrogen-bond acceptors (Lipinski definition) is 8. The van der Waals surface area contributed by atoms with E-state index < -0.39 is 6.04 Å². The third kappa shape index (κ3) is 2.65. The lowest BCUT2D eigenvalue weighted by Gasteiger charge is -2.18. The Morgan fingerprint density at radius 2 is 2.38 bits per heavy atom. The molecule has 1 saturated heterocycles. The lowest BCUT2D eigenvalue weighted by Crippen LogP contribution is -2.15. The standard InChI is InChI=1S/C15H21N7O2/c1-8-3-9(6-23)24-15(8)22-5-10(11(21-17)4-18-2)12-13(16)19-7-20-14(12)22/h4-5,7-9,11,15,17,23H,3,6H2,1-2H3,(H2,16,19,20). The molecule has 9 nitrogen and oxygen atoms in total. The molecule has 0 aliphatic carbocycles. The van der Waals surface area contributed by atoms with Gasteiger partial charge in [0.05, 0.1) is 18.1 Å². The number of hydrogen-bond donors (Lipinski definition) is 3. The minimum absolute atomic E-state index is 0.0167. The van der Waals surface area contributed by atoms with Crippen LogP contribution in [0.4, 0.5) is 5.82 Å². The predicted octanol–water partition coefficient (Wildman–Crippen LogP) is 1.70. The Morgan fingerprint density at radius 3 is 3.00 bits per heavy atom. The van der Waals surface area contributed by atoms with Gasteiger partial charge in [-0.2, -0.15) is 5.11 Å². The van der Waals surface area contributed by atoms with Crippen LogP contribution in [0.1, 0.15) is 31.2 Å². The van der Waals surface area contributed by atoms with Gasteiger partial charge in [0.1, 0.15) is 30.1 Å². The molecule has 4 atom stereocenters. The van der Waals surface area contributed by atoms with Crippen LogP contribution in [0.3, 0.4) is 0 Å². The van der Waals surface area contributed by atoms with Crippen LogP contribution in [0, 0.1) is 11.4 Å². The maximum Gasteiger partial charge on any atom is 0.147 e. The molecule has 0 bridgehead atoms. The largest absolute Gasteiger partial charge is 0.394 e. The van der Waals surface area contributed by atoms with Gasteiger partial charge in [-0.25, -0.2) is 15.5 Å². The molecule has 1 fully saturated rings. The zero-order valence-electron chi connectivity index (χ0n) is 13.6. The fourth-order valence-corrected chi connectivity index (χ4v) is 3.26. The smallest absolute Gasteiger partial charge is 0.147 e. The van der Waals surface area contributed by atoms with E-state index in [2.05, 4.69) is 27.0 Å². The van der Waals surface area contributed by atoms with E-state index in [1.807, 2.05) is 10.8 Å². The Balaban J connectivity index is 2.16. The van der Waals surface area contributed by atoms with Gasteiger partial charge in [0.25, 0.3) is 0 Å². The van der Waals surface area contributed by atoms with E-state index in [1.165, 1.54) is 6.33 Å². The van der Waals surface area contributed by atoms with Crippen molar-refractivity contribution in [2.75, 3.05) is 19.4 Å². The van der Waals surface area contributed by atoms with Crippen molar-refractivity contribution in [1.82, 2.24) is 14.5 Å². The summed E-state index contributed by atoms with van der Waals surface area (Å²) < 4.78 is 7.84. The van der Waals surface area contributed by atoms with Gasteiger partial charge in [0.15, 0.2) is 0 Å². The van der Waals surface area contributed by atoms with Crippen molar-refractivity contribution in [2.24, 2.45) is 16.0 Å². The van der Waals surface area contributed by atoms with Crippen LogP contribution in [0.15, 0.2) is 22.6 Å². The number of nitrogen functional groups attached to an aromatic ring is 1. The van der Waals surface area contributed by atoms with Crippen molar-refractivity contribution in [3.8, 4) is 0 Å². The Hall–Kier alpha value is -2.39. The first-order valence-corrected chi connectivity index (χ1v) is 7.76. The molecule has 1 aliphatic heterocycles. The normalized spacial score (nSPS) is 25.5. The van der Waals surface area contributed by atoms with Crippen LogP contribution < -0.4 is 5.73 Å². The number of anilines is 1. The first-order chi connectivity index (χ1) is 11.6. The summed E-state index contributed by atoms with van der Waals surface area (Å²) >= 11 is 0. The quantitative estimate of drug-likeness (QED) is 0.566. The summed E-state index contributed by atoms with van der Waals surface area (Å²) in [5, 5.41) is 13.6. The highest BCUT2D eigenvalue weighted by molar-refractivity contribution is 5.92. The molecule has 1 aliphatic rings. The Kier molecular flexibility index (Phi) is 4.54. The molecule has 2 aromatic heterocycles. The summed E-state index contributed by atoms with van der Waals surface area (Å²) in [4.78, 5) is 12.4. The Bertz CT molecular complexity index is 773. The summed E-state index contributed by atoms with van der Waals surface area (Å²) in [6.07, 6.45) is 5.13. The molecule has 0 radical (unpaired) electrons. The number of nitrogens with zero attached hydrogens (tertiary/aromatic N) is 5. The average Bonchev–Trinajstić information content (AvgIpc) is 3.14. The number of aromatic nitrogens is 3. The number of aliphatic imine (C=N–C) groups is 1. The number of rotatable bonds is 5. The minimum Gasteiger partial charge on any atom is -0.394 e. The van der Waals surface area contributed by atoms with E-state index >= 15 is 0 Å². The average molecular weight is 331 g/mol. The van der Waals surface area contributed by atoms with Gasteiger partial charge in [0.2, 0.25) is 0 Å². The van der Waals surface area contributed by atoms with Crippen LogP contribution in [0.5, 0.6) is 0 Å². The molecule has 128 valence electrons. The van der Waals surface area contributed by atoms with Gasteiger partial charge in [-0.1, -0.05) is 6.92 Å². The van der Waals surface area contributed by atoms with Crippen LogP contribution in [-0.4, -0.2) is 45.6 Å². The maximum absolute atomic E-state index is 9.37. The predicted molar refractivity (Wildman–Crippen MR) is 89.0 cm³/mol. The molecule has 0 saturated carbocycles. The zero-order valence-corrected chi connectivity index (χ0v) is 13.6. The molecule has 0 amide bonds. The van der Waals surface area contributed by atoms with Gasteiger partial charge in [-0.05, 0) is 6.42 Å². The molecular weight excluding hydrogens is 310 g/mol. The Labute approximate surface area is 139 Å². The fraction of sp³-hybridized carbons (Fsp3) is 0.533. The molecule has 9 heteroatoms. The maximum atomic E-state index is 9.37. The molecule has 3 rings (SSSR count). The lowest BCUT2D eigenvalue weighted by molar-refractivity contribution is -0.0292. The number of ether oxygens (including phenoxy) is 1. The van der Waals surface area contributed by atoms with Crippen molar-refractivity contribution < 1.29 is 9.84 Å². The zero-order chi connectivity index (χ0) is 17.3. The second-order valence-electron chi connectivity index (χ2n) is 5.97. The highest BCUT2D eigenvalue weighted by Crippen LogP contribution is 2.39. The third-order valence-electron chi connectivity index (χ3n) is 4.35. The molecule has 24 heavy (non-hydrogen) atoms. The van der Waals surface area contributed by atoms with E-state index in [0.29, 0.717) is 22.4 Å². The summed E-state index contributed by atoms with van der Waals surface area (Å²) in [7, 11) is 1.63. The number of nitrogens with one attached hydrogen (secondary N) is 1. The van der Waals surface area contributed by atoms with Crippen LogP contribution in [0.2, 0.25) is 0 Å². The first-order valence-electron chi connectivity index (χ1n) is 7.76. The highest BCUT2D eigenvalue weighted by Gasteiger charge is 2.35. The van der Waals surface area contributed by atoms with Crippen LogP contribution in [-0.2, 0) is 4.74 Å². The lowest BCUT2D eigenvalue weighted by atomic mass is 10.1. The van der Waals surface area contributed by atoms with Crippen LogP contribution in [0.25, 0.3) is 11.0 Å². The molecule has 4 N–H and O–H groups in total. The Morgan fingerprint density at radius 1 is 1.58 bits per heavy atom. The summed E-state index contributed by atoms with van der Waals surface area (Å²) in [5.74, 6) is 0.532. The van der Waals surface area contributed by atoms with E-state index in [-0.39, 0.29) is 24.9 Å². The van der Waals surface area contributed by atoms with Crippen molar-refractivity contribution in [3.05, 3.63) is 18.1 Å². The summed E-state index contributed by atoms with van der Waals surface area (Å²) in [6, 6.07) is -0.558. The summed E-state index contributed by atoms with van der Waals surface area (Å²) in [6.45, 7) is 2.05. The molecule has 0 aromatic carbocycles. The highest BCUT2D eigenvalue weighted by atomic mass is 16.5. The van der Waals surface area contributed by atoms with Crippen molar-refractivity contribution in [3.63, 3.8) is 0 Å². The third-order valence-corrected chi connectivity index (χ3v) is 4.35. The fourth-order valence-electron chi connectivity index (χ4n) is 3.26. The van der Waals surface area contributed by atoms with Gasteiger partial charge >= 0.3 is 0 Å². The monoisotopic (exact) mass is 331 g/mol. The molecule has 0 spiro atoms. The SMILES string of the molecule is CN=CC(N=N)c1cn(C2OC(CO)CC2C)c2ncnc(N)c12. The van der Waals surface area contributed by atoms with Crippen LogP contribution >= 0.6 is 0 Å². The van der Waals surface area contributed by atoms with Gasteiger partial charge in [-0.15, -0.1) is 0 Å². The minimum atomic E-state index is -0.558. The second-order valence-corrected chi connectivity index (χ2v) is 5.97. The first kappa shape index (κ1) is 16.5. The second kappa shape index (κ2) is 6.62. The van der Waals surface area contributed by atoms with Gasteiger partial charge < -0.3 is 20.1 Å². The van der Waals surface area contributed by atoms with Crippen molar-refractivity contribution in [2.45, 2.75) is 31.7 Å². The van der Waals surface area contributed by atoms with E-state index in [9.17, 15) is 5.11 Å². The molecule has 2 aromatic rings. The topological polar surface area (TPSA) is 135 Å². The summed E-state index contributed by atoms with van der Waals surface area (Å²) in [5.41, 5.74) is 14.8. The number of fused-ring (bicyclic) bond motifs is 1. The number of nitrogens with two attached hydrogens (primary N) is 1. The van der Waals surface area contributed by atoms with Gasteiger partial charge in [-0.3, -0.25) is 4.99 Å². The van der Waals surface area contributed by atoms with Crippen molar-refractivity contribution >= 4 is 23.1 Å². The van der Waals surface area contributed by atoms with E-state index in [0.717, 1.165) is 6.42 Å².